The largest absolute Gasteiger partial charge is 0.350 e. The maximum absolute atomic E-state index is 12.5. The molecule has 0 fully saturated rings. The third-order valence-electron chi connectivity index (χ3n) is 3.89. The van der Waals surface area contributed by atoms with Gasteiger partial charge in [0.2, 0.25) is 5.91 Å². The number of imidazole rings is 1. The Hall–Kier alpha value is -2.80. The first kappa shape index (κ1) is 18.0. The lowest BCUT2D eigenvalue weighted by Gasteiger charge is -2.06. The zero-order chi connectivity index (χ0) is 18.5. The van der Waals surface area contributed by atoms with Gasteiger partial charge in [-0.05, 0) is 42.5 Å². The van der Waals surface area contributed by atoms with Gasteiger partial charge in [0.25, 0.3) is 5.91 Å². The van der Waals surface area contributed by atoms with Crippen LogP contribution in [-0.4, -0.2) is 34.0 Å². The molecule has 2 N–H and O–H groups in total. The SMILES string of the molecule is CSc1nc(C(=O)NCCc2ccc(NC(C)=O)cc2)c2ccccn12. The van der Waals surface area contributed by atoms with Crippen LogP contribution in [0.4, 0.5) is 5.69 Å². The van der Waals surface area contributed by atoms with Crippen LogP contribution >= 0.6 is 11.8 Å². The molecule has 7 heteroatoms. The zero-order valence-corrected chi connectivity index (χ0v) is 15.5. The summed E-state index contributed by atoms with van der Waals surface area (Å²) in [6.45, 7) is 1.99. The van der Waals surface area contributed by atoms with Crippen LogP contribution in [0.2, 0.25) is 0 Å². The maximum atomic E-state index is 12.5. The van der Waals surface area contributed by atoms with Crippen LogP contribution in [-0.2, 0) is 11.2 Å². The molecule has 0 aliphatic heterocycles. The van der Waals surface area contributed by atoms with Crippen LogP contribution < -0.4 is 10.6 Å². The summed E-state index contributed by atoms with van der Waals surface area (Å²) in [6.07, 6.45) is 4.54. The molecule has 0 saturated heterocycles. The van der Waals surface area contributed by atoms with Crippen molar-refractivity contribution in [3.05, 3.63) is 59.9 Å². The van der Waals surface area contributed by atoms with E-state index in [1.54, 1.807) is 0 Å². The van der Waals surface area contributed by atoms with E-state index in [2.05, 4.69) is 15.6 Å². The standard InChI is InChI=1S/C19H20N4O2S/c1-13(24)21-15-8-6-14(7-9-15)10-11-20-18(25)17-16-5-3-4-12-23(16)19(22-17)26-2/h3-9,12H,10-11H2,1-2H3,(H,20,25)(H,21,24). The minimum absolute atomic E-state index is 0.0954. The molecule has 0 spiro atoms. The average Bonchev–Trinajstić information content (AvgIpc) is 3.01. The van der Waals surface area contributed by atoms with E-state index in [1.807, 2.05) is 59.3 Å². The summed E-state index contributed by atoms with van der Waals surface area (Å²) >= 11 is 1.50. The second-order valence-electron chi connectivity index (χ2n) is 5.79. The molecule has 3 aromatic rings. The van der Waals surface area contributed by atoms with Crippen molar-refractivity contribution in [1.82, 2.24) is 14.7 Å². The van der Waals surface area contributed by atoms with E-state index in [4.69, 9.17) is 0 Å². The number of carbonyl (C=O) groups excluding carboxylic acids is 2. The third-order valence-corrected chi connectivity index (χ3v) is 4.54. The second kappa shape index (κ2) is 8.05. The molecule has 0 aliphatic carbocycles. The molecule has 2 aromatic heterocycles. The molecule has 134 valence electrons. The Morgan fingerprint density at radius 1 is 1.15 bits per heavy atom. The van der Waals surface area contributed by atoms with Crippen molar-refractivity contribution in [2.45, 2.75) is 18.5 Å². The van der Waals surface area contributed by atoms with Crippen LogP contribution in [0.25, 0.3) is 5.52 Å². The average molecular weight is 368 g/mol. The van der Waals surface area contributed by atoms with Gasteiger partial charge in [-0.25, -0.2) is 4.98 Å². The lowest BCUT2D eigenvalue weighted by atomic mass is 10.1. The minimum atomic E-state index is -0.177. The van der Waals surface area contributed by atoms with Gasteiger partial charge in [0, 0.05) is 25.4 Å². The lowest BCUT2D eigenvalue weighted by molar-refractivity contribution is -0.114. The van der Waals surface area contributed by atoms with Crippen LogP contribution in [0.15, 0.2) is 53.8 Å². The van der Waals surface area contributed by atoms with E-state index in [0.717, 1.165) is 21.9 Å². The Balaban J connectivity index is 1.62. The van der Waals surface area contributed by atoms with E-state index in [1.165, 1.54) is 18.7 Å². The van der Waals surface area contributed by atoms with Gasteiger partial charge >= 0.3 is 0 Å². The summed E-state index contributed by atoms with van der Waals surface area (Å²) in [5, 5.41) is 6.45. The maximum Gasteiger partial charge on any atom is 0.272 e. The van der Waals surface area contributed by atoms with Gasteiger partial charge in [0.1, 0.15) is 0 Å². The first-order chi connectivity index (χ1) is 12.6. The Morgan fingerprint density at radius 3 is 2.62 bits per heavy atom. The predicted molar refractivity (Wildman–Crippen MR) is 104 cm³/mol. The summed E-state index contributed by atoms with van der Waals surface area (Å²) in [5.41, 5.74) is 3.09. The Labute approximate surface area is 156 Å². The Kier molecular flexibility index (Phi) is 5.58. The summed E-state index contributed by atoms with van der Waals surface area (Å²) in [5.74, 6) is -0.272. The molecule has 0 radical (unpaired) electrons. The molecule has 3 rings (SSSR count). The van der Waals surface area contributed by atoms with E-state index < -0.39 is 0 Å². The topological polar surface area (TPSA) is 75.5 Å². The third kappa shape index (κ3) is 4.05. The Morgan fingerprint density at radius 2 is 1.92 bits per heavy atom. The van der Waals surface area contributed by atoms with E-state index in [0.29, 0.717) is 18.7 Å². The molecule has 0 unspecified atom stereocenters. The first-order valence-corrected chi connectivity index (χ1v) is 9.47. The van der Waals surface area contributed by atoms with E-state index >= 15 is 0 Å². The minimum Gasteiger partial charge on any atom is -0.350 e. The number of thioether (sulfide) groups is 1. The number of fused-ring (bicyclic) bond motifs is 1. The number of hydrogen-bond acceptors (Lipinski definition) is 4. The number of carbonyl (C=O) groups is 2. The van der Waals surface area contributed by atoms with Crippen molar-refractivity contribution in [1.29, 1.82) is 0 Å². The number of benzene rings is 1. The van der Waals surface area contributed by atoms with Crippen molar-refractivity contribution >= 4 is 34.8 Å². The monoisotopic (exact) mass is 368 g/mol. The number of anilines is 1. The number of rotatable bonds is 6. The molecular formula is C19H20N4O2S. The fourth-order valence-electron chi connectivity index (χ4n) is 2.68. The van der Waals surface area contributed by atoms with Crippen molar-refractivity contribution < 1.29 is 9.59 Å². The smallest absolute Gasteiger partial charge is 0.272 e. The molecule has 0 saturated carbocycles. The van der Waals surface area contributed by atoms with Crippen molar-refractivity contribution in [2.24, 2.45) is 0 Å². The van der Waals surface area contributed by atoms with Gasteiger partial charge < -0.3 is 10.6 Å². The summed E-state index contributed by atoms with van der Waals surface area (Å²) in [6, 6.07) is 13.3. The normalized spacial score (nSPS) is 10.7. The highest BCUT2D eigenvalue weighted by molar-refractivity contribution is 7.98. The molecule has 2 amide bonds. The quantitative estimate of drug-likeness (QED) is 0.656. The van der Waals surface area contributed by atoms with Gasteiger partial charge in [-0.1, -0.05) is 30.0 Å². The van der Waals surface area contributed by atoms with Gasteiger partial charge in [-0.3, -0.25) is 14.0 Å². The van der Waals surface area contributed by atoms with Crippen molar-refractivity contribution in [3.8, 4) is 0 Å². The molecule has 0 bridgehead atoms. The van der Waals surface area contributed by atoms with Crippen LogP contribution in [0.5, 0.6) is 0 Å². The van der Waals surface area contributed by atoms with Gasteiger partial charge in [-0.15, -0.1) is 0 Å². The molecule has 0 atom stereocenters. The Bertz CT molecular complexity index is 934. The number of nitrogens with zero attached hydrogens (tertiary/aromatic N) is 2. The number of hydrogen-bond donors (Lipinski definition) is 2. The number of nitrogens with one attached hydrogen (secondary N) is 2. The first-order valence-electron chi connectivity index (χ1n) is 8.24. The highest BCUT2D eigenvalue weighted by Crippen LogP contribution is 2.19. The molecular weight excluding hydrogens is 348 g/mol. The number of aromatic nitrogens is 2. The van der Waals surface area contributed by atoms with Gasteiger partial charge in [-0.2, -0.15) is 0 Å². The lowest BCUT2D eigenvalue weighted by Crippen LogP contribution is -2.26. The summed E-state index contributed by atoms with van der Waals surface area (Å²) in [7, 11) is 0. The second-order valence-corrected chi connectivity index (χ2v) is 6.56. The van der Waals surface area contributed by atoms with Crippen LogP contribution in [0.1, 0.15) is 23.0 Å². The van der Waals surface area contributed by atoms with Crippen LogP contribution in [0.3, 0.4) is 0 Å². The zero-order valence-electron chi connectivity index (χ0n) is 14.7. The fourth-order valence-corrected chi connectivity index (χ4v) is 3.22. The van der Waals surface area contributed by atoms with Crippen molar-refractivity contribution in [2.75, 3.05) is 18.1 Å². The van der Waals surface area contributed by atoms with Gasteiger partial charge in [0.05, 0.1) is 5.52 Å². The molecule has 0 aliphatic rings. The number of amides is 2. The molecule has 2 heterocycles. The molecule has 26 heavy (non-hydrogen) atoms. The highest BCUT2D eigenvalue weighted by Gasteiger charge is 2.16. The highest BCUT2D eigenvalue weighted by atomic mass is 32.2. The fraction of sp³-hybridized carbons (Fsp3) is 0.211. The van der Waals surface area contributed by atoms with Crippen molar-refractivity contribution in [3.63, 3.8) is 0 Å². The van der Waals surface area contributed by atoms with E-state index in [-0.39, 0.29) is 11.8 Å². The van der Waals surface area contributed by atoms with Crippen LogP contribution in [0, 0.1) is 0 Å². The number of pyridine rings is 1. The van der Waals surface area contributed by atoms with E-state index in [9.17, 15) is 9.59 Å². The van der Waals surface area contributed by atoms with Gasteiger partial charge in [0.15, 0.2) is 10.9 Å². The molecule has 6 nitrogen and oxygen atoms in total. The predicted octanol–water partition coefficient (Wildman–Crippen LogP) is 2.99. The summed E-state index contributed by atoms with van der Waals surface area (Å²) in [4.78, 5) is 28.0. The molecule has 1 aromatic carbocycles. The summed E-state index contributed by atoms with van der Waals surface area (Å²) < 4.78 is 1.92.